The van der Waals surface area contributed by atoms with E-state index in [0.717, 1.165) is 11.1 Å². The van der Waals surface area contributed by atoms with Crippen LogP contribution < -0.4 is 0 Å². The van der Waals surface area contributed by atoms with Crippen LogP contribution in [0.25, 0.3) is 0 Å². The van der Waals surface area contributed by atoms with Crippen molar-refractivity contribution in [1.29, 1.82) is 0 Å². The summed E-state index contributed by atoms with van der Waals surface area (Å²) in [6, 6.07) is 19.0. The molecule has 0 saturated heterocycles. The van der Waals surface area contributed by atoms with Gasteiger partial charge in [0.05, 0.1) is 11.0 Å². The van der Waals surface area contributed by atoms with Gasteiger partial charge in [-0.1, -0.05) is 60.7 Å². The molecule has 2 rings (SSSR count). The molecule has 0 saturated carbocycles. The van der Waals surface area contributed by atoms with Crippen LogP contribution in [0.5, 0.6) is 0 Å². The summed E-state index contributed by atoms with van der Waals surface area (Å²) < 4.78 is 12.4. The Bertz CT molecular complexity index is 530. The molecule has 1 atom stereocenters. The number of halogens is 1. The largest absolute Gasteiger partial charge is 0.280 e. The maximum absolute atomic E-state index is 12.4. The molecule has 2 nitrogen and oxygen atoms in total. The minimum absolute atomic E-state index is 0.143. The molecule has 0 fully saturated rings. The van der Waals surface area contributed by atoms with Gasteiger partial charge in [-0.2, -0.15) is 0 Å². The van der Waals surface area contributed by atoms with Gasteiger partial charge in [0.25, 0.3) is 0 Å². The van der Waals surface area contributed by atoms with E-state index in [-0.39, 0.29) is 11.0 Å². The molecule has 2 aromatic rings. The van der Waals surface area contributed by atoms with Gasteiger partial charge in [0.2, 0.25) is 5.24 Å². The van der Waals surface area contributed by atoms with Crippen molar-refractivity contribution < 1.29 is 9.00 Å². The number of hydrogen-bond acceptors (Lipinski definition) is 2. The Hall–Kier alpha value is -1.45. The van der Waals surface area contributed by atoms with Crippen molar-refractivity contribution in [2.24, 2.45) is 0 Å². The molecule has 0 heterocycles. The van der Waals surface area contributed by atoms with Crippen LogP contribution in [0.4, 0.5) is 0 Å². The van der Waals surface area contributed by atoms with Crippen LogP contribution >= 0.6 is 11.6 Å². The second-order valence-electron chi connectivity index (χ2n) is 4.08. The second-order valence-corrected chi connectivity index (χ2v) is 6.02. The molecule has 0 amide bonds. The smallest absolute Gasteiger partial charge is 0.234 e. The summed E-state index contributed by atoms with van der Waals surface area (Å²) >= 11 is 5.36. The first kappa shape index (κ1) is 14.0. The van der Waals surface area contributed by atoms with Crippen molar-refractivity contribution in [3.63, 3.8) is 0 Å². The summed E-state index contributed by atoms with van der Waals surface area (Å²) in [5.74, 6) is -0.143. The van der Waals surface area contributed by atoms with Crippen LogP contribution in [-0.2, 0) is 15.6 Å². The Morgan fingerprint density at radius 3 is 1.74 bits per heavy atom. The van der Waals surface area contributed by atoms with Gasteiger partial charge in [-0.15, -0.1) is 0 Å². The zero-order chi connectivity index (χ0) is 13.7. The Morgan fingerprint density at radius 1 is 0.947 bits per heavy atom. The number of carbonyl (C=O) groups excluding carboxylic acids is 1. The molecule has 2 aromatic carbocycles. The van der Waals surface area contributed by atoms with E-state index in [1.54, 1.807) is 0 Å². The zero-order valence-corrected chi connectivity index (χ0v) is 11.7. The number of carbonyl (C=O) groups is 1. The first-order valence-corrected chi connectivity index (χ1v) is 7.60. The molecule has 0 aliphatic heterocycles. The average molecular weight is 293 g/mol. The highest BCUT2D eigenvalue weighted by Gasteiger charge is 2.22. The van der Waals surface area contributed by atoms with Crippen LogP contribution in [0.3, 0.4) is 0 Å². The fourth-order valence-corrected chi connectivity index (χ4v) is 3.58. The van der Waals surface area contributed by atoms with E-state index >= 15 is 0 Å². The first-order chi connectivity index (χ1) is 9.18. The van der Waals surface area contributed by atoms with Crippen molar-refractivity contribution in [3.8, 4) is 0 Å². The molecule has 0 aliphatic carbocycles. The van der Waals surface area contributed by atoms with Crippen LogP contribution in [0.2, 0.25) is 0 Å². The Kier molecular flexibility index (Phi) is 4.88. The Balaban J connectivity index is 2.40. The second kappa shape index (κ2) is 6.64. The number of benzene rings is 2. The molecule has 0 N–H and O–H groups in total. The minimum atomic E-state index is -1.37. The summed E-state index contributed by atoms with van der Waals surface area (Å²) in [6.45, 7) is 0. The molecular weight excluding hydrogens is 280 g/mol. The van der Waals surface area contributed by atoms with E-state index in [4.69, 9.17) is 11.6 Å². The standard InChI is InChI=1S/C15H13ClO2S/c16-14(17)11-19(18)15(12-7-3-1-4-8-12)13-9-5-2-6-10-13/h1-10,15H,11H2. The molecule has 98 valence electrons. The molecule has 0 aliphatic rings. The molecule has 0 spiro atoms. The van der Waals surface area contributed by atoms with Crippen molar-refractivity contribution in [2.75, 3.05) is 5.75 Å². The molecule has 4 heteroatoms. The fraction of sp³-hybridized carbons (Fsp3) is 0.133. The summed E-state index contributed by atoms with van der Waals surface area (Å²) in [5.41, 5.74) is 1.84. The molecular formula is C15H13ClO2S. The lowest BCUT2D eigenvalue weighted by Gasteiger charge is -2.16. The molecule has 19 heavy (non-hydrogen) atoms. The summed E-state index contributed by atoms with van der Waals surface area (Å²) in [5, 5.41) is -0.903. The highest BCUT2D eigenvalue weighted by molar-refractivity contribution is 7.86. The Morgan fingerprint density at radius 2 is 1.37 bits per heavy atom. The minimum Gasteiger partial charge on any atom is -0.280 e. The fourth-order valence-electron chi connectivity index (χ4n) is 1.95. The predicted octanol–water partition coefficient (Wildman–Crippen LogP) is 3.29. The lowest BCUT2D eigenvalue weighted by Crippen LogP contribution is -2.14. The molecule has 0 radical (unpaired) electrons. The normalized spacial score (nSPS) is 12.3. The van der Waals surface area contributed by atoms with Crippen LogP contribution in [0.1, 0.15) is 16.4 Å². The van der Waals surface area contributed by atoms with Gasteiger partial charge in [-0.05, 0) is 22.7 Å². The monoisotopic (exact) mass is 292 g/mol. The van der Waals surface area contributed by atoms with E-state index < -0.39 is 16.0 Å². The highest BCUT2D eigenvalue weighted by Crippen LogP contribution is 2.28. The van der Waals surface area contributed by atoms with Crippen molar-refractivity contribution >= 4 is 27.6 Å². The van der Waals surface area contributed by atoms with Crippen LogP contribution in [0, 0.1) is 0 Å². The predicted molar refractivity (Wildman–Crippen MR) is 78.6 cm³/mol. The first-order valence-electron chi connectivity index (χ1n) is 5.84. The summed E-state index contributed by atoms with van der Waals surface area (Å²) in [6.07, 6.45) is 0. The Labute approximate surface area is 119 Å². The van der Waals surface area contributed by atoms with Gasteiger partial charge in [0, 0.05) is 10.8 Å². The third-order valence-corrected chi connectivity index (χ3v) is 4.63. The van der Waals surface area contributed by atoms with Crippen LogP contribution in [-0.4, -0.2) is 15.2 Å². The average Bonchev–Trinajstić information content (AvgIpc) is 2.40. The third kappa shape index (κ3) is 3.75. The van der Waals surface area contributed by atoms with E-state index in [2.05, 4.69) is 0 Å². The molecule has 1 unspecified atom stereocenters. The maximum atomic E-state index is 12.4. The quantitative estimate of drug-likeness (QED) is 0.793. The van der Waals surface area contributed by atoms with E-state index in [0.29, 0.717) is 0 Å². The zero-order valence-electron chi connectivity index (χ0n) is 10.2. The lowest BCUT2D eigenvalue weighted by atomic mass is 10.0. The molecule has 0 bridgehead atoms. The van der Waals surface area contributed by atoms with Crippen molar-refractivity contribution in [1.82, 2.24) is 0 Å². The highest BCUT2D eigenvalue weighted by atomic mass is 35.5. The number of rotatable bonds is 5. The maximum Gasteiger partial charge on any atom is 0.234 e. The topological polar surface area (TPSA) is 34.1 Å². The van der Waals surface area contributed by atoms with Crippen LogP contribution in [0.15, 0.2) is 60.7 Å². The van der Waals surface area contributed by atoms with E-state index in [1.165, 1.54) is 0 Å². The van der Waals surface area contributed by atoms with Gasteiger partial charge < -0.3 is 0 Å². The van der Waals surface area contributed by atoms with Crippen molar-refractivity contribution in [3.05, 3.63) is 71.8 Å². The third-order valence-electron chi connectivity index (χ3n) is 2.72. The van der Waals surface area contributed by atoms with E-state index in [1.807, 2.05) is 60.7 Å². The number of hydrogen-bond donors (Lipinski definition) is 0. The van der Waals surface area contributed by atoms with Gasteiger partial charge in [-0.25, -0.2) is 0 Å². The van der Waals surface area contributed by atoms with E-state index in [9.17, 15) is 9.00 Å². The molecule has 0 aromatic heterocycles. The summed E-state index contributed by atoms with van der Waals surface area (Å²) in [7, 11) is -1.37. The van der Waals surface area contributed by atoms with Gasteiger partial charge in [0.1, 0.15) is 0 Å². The van der Waals surface area contributed by atoms with Gasteiger partial charge in [-0.3, -0.25) is 9.00 Å². The van der Waals surface area contributed by atoms with Gasteiger partial charge >= 0.3 is 0 Å². The SMILES string of the molecule is O=C(Cl)CS(=O)C(c1ccccc1)c1ccccc1. The van der Waals surface area contributed by atoms with Gasteiger partial charge in [0.15, 0.2) is 0 Å². The summed E-state index contributed by atoms with van der Waals surface area (Å²) in [4.78, 5) is 11.0. The van der Waals surface area contributed by atoms with Crippen molar-refractivity contribution in [2.45, 2.75) is 5.25 Å². The lowest BCUT2D eigenvalue weighted by molar-refractivity contribution is -0.109.